The molecule has 0 saturated heterocycles. The first kappa shape index (κ1) is 29.2. The molecule has 0 spiro atoms. The number of hydrogen-bond donors (Lipinski definition) is 2. The summed E-state index contributed by atoms with van der Waals surface area (Å²) in [5.41, 5.74) is 5.80. The first-order chi connectivity index (χ1) is 19.5. The molecule has 1 aliphatic heterocycles. The van der Waals surface area contributed by atoms with Gasteiger partial charge in [0.25, 0.3) is 5.91 Å². The minimum absolute atomic E-state index is 0.0153. The van der Waals surface area contributed by atoms with Crippen LogP contribution in [-0.2, 0) is 26.3 Å². The third kappa shape index (κ3) is 6.21. The molecule has 3 N–H and O–H groups in total. The zero-order chi connectivity index (χ0) is 29.9. The lowest BCUT2D eigenvalue weighted by molar-refractivity contribution is -0.141. The van der Waals surface area contributed by atoms with Gasteiger partial charge in [-0.25, -0.2) is 0 Å². The van der Waals surface area contributed by atoms with Crippen LogP contribution in [0.2, 0.25) is 0 Å². The van der Waals surface area contributed by atoms with Crippen LogP contribution in [0.1, 0.15) is 27.2 Å². The summed E-state index contributed by atoms with van der Waals surface area (Å²) in [5, 5.41) is 11.4. The van der Waals surface area contributed by atoms with Crippen LogP contribution < -0.4 is 19.9 Å². The van der Waals surface area contributed by atoms with Crippen LogP contribution in [0.25, 0.3) is 11.1 Å². The number of aliphatic imine (C=N–C) groups is 1. The van der Waals surface area contributed by atoms with E-state index in [-0.39, 0.29) is 54.6 Å². The highest BCUT2D eigenvalue weighted by molar-refractivity contribution is 6.00. The second-order valence-corrected chi connectivity index (χ2v) is 9.22. The Bertz CT molecular complexity index is 1460. The number of alkyl halides is 3. The van der Waals surface area contributed by atoms with Gasteiger partial charge in [0.05, 0.1) is 39.2 Å². The number of nitrogens with one attached hydrogen (secondary N) is 1. The van der Waals surface area contributed by atoms with Gasteiger partial charge in [0.2, 0.25) is 0 Å². The topological polar surface area (TPSA) is 131 Å². The van der Waals surface area contributed by atoms with E-state index in [4.69, 9.17) is 25.4 Å². The average Bonchev–Trinajstić information content (AvgIpc) is 3.29. The maximum Gasteiger partial charge on any atom is 0.435 e. The van der Waals surface area contributed by atoms with Gasteiger partial charge < -0.3 is 24.8 Å². The number of halogens is 3. The molecule has 14 heteroatoms. The largest absolute Gasteiger partial charge is 0.497 e. The minimum atomic E-state index is -4.76. The van der Waals surface area contributed by atoms with Gasteiger partial charge in [-0.05, 0) is 35.4 Å². The van der Waals surface area contributed by atoms with E-state index in [1.165, 1.54) is 56.4 Å². The molecule has 2 heterocycles. The lowest BCUT2D eigenvalue weighted by Gasteiger charge is -2.22. The minimum Gasteiger partial charge on any atom is -0.497 e. The maximum absolute atomic E-state index is 14.0. The molecule has 0 fully saturated rings. The third-order valence-electron chi connectivity index (χ3n) is 6.48. The molecule has 3 aromatic rings. The Morgan fingerprint density at radius 1 is 1.15 bits per heavy atom. The van der Waals surface area contributed by atoms with Crippen molar-refractivity contribution in [1.82, 2.24) is 19.6 Å². The predicted molar refractivity (Wildman–Crippen MR) is 145 cm³/mol. The van der Waals surface area contributed by atoms with Gasteiger partial charge in [-0.1, -0.05) is 0 Å². The van der Waals surface area contributed by atoms with Crippen molar-refractivity contribution in [3.8, 4) is 28.4 Å². The van der Waals surface area contributed by atoms with Crippen LogP contribution in [-0.4, -0.2) is 72.2 Å². The third-order valence-corrected chi connectivity index (χ3v) is 6.48. The van der Waals surface area contributed by atoms with E-state index in [1.54, 1.807) is 18.2 Å². The van der Waals surface area contributed by atoms with Gasteiger partial charge in [0.1, 0.15) is 23.9 Å². The summed E-state index contributed by atoms with van der Waals surface area (Å²) in [6.07, 6.45) is -2.58. The Kier molecular flexibility index (Phi) is 8.40. The van der Waals surface area contributed by atoms with E-state index >= 15 is 0 Å². The number of hydrogen-bond acceptors (Lipinski definition) is 7. The molecular formula is C27H30F3N7O4. The van der Waals surface area contributed by atoms with Crippen LogP contribution >= 0.6 is 0 Å². The summed E-state index contributed by atoms with van der Waals surface area (Å²) < 4.78 is 59.7. The molecule has 1 aliphatic rings. The fourth-order valence-electron chi connectivity index (χ4n) is 4.57. The molecule has 4 rings (SSSR count). The molecule has 0 radical (unpaired) electrons. The molecule has 0 unspecified atom stereocenters. The van der Waals surface area contributed by atoms with Gasteiger partial charge in [0.15, 0.2) is 11.7 Å². The van der Waals surface area contributed by atoms with Gasteiger partial charge in [-0.2, -0.15) is 18.3 Å². The molecule has 2 aromatic carbocycles. The SMILES string of the molecule is CN=C(N)N(C=N)Cc1cc2c(c(-c3cn(C)nc3C(F)(F)F)c1)OCCN(Cc1cc(OC)cc(OC)c1)C2=O. The second kappa shape index (κ2) is 11.8. The number of aromatic nitrogens is 2. The van der Waals surface area contributed by atoms with Crippen molar-refractivity contribution >= 4 is 18.2 Å². The number of benzene rings is 2. The van der Waals surface area contributed by atoms with E-state index in [9.17, 15) is 18.0 Å². The van der Waals surface area contributed by atoms with Crippen molar-refractivity contribution in [2.75, 3.05) is 34.4 Å². The van der Waals surface area contributed by atoms with E-state index in [0.29, 0.717) is 17.1 Å². The molecule has 0 bridgehead atoms. The highest BCUT2D eigenvalue weighted by Crippen LogP contribution is 2.43. The lowest BCUT2D eigenvalue weighted by atomic mass is 9.97. The normalized spacial score (nSPS) is 13.8. The monoisotopic (exact) mass is 573 g/mol. The van der Waals surface area contributed by atoms with Crippen LogP contribution in [0.15, 0.2) is 41.5 Å². The number of aryl methyl sites for hydroxylation is 1. The maximum atomic E-state index is 14.0. The second-order valence-electron chi connectivity index (χ2n) is 9.22. The predicted octanol–water partition coefficient (Wildman–Crippen LogP) is 3.51. The summed E-state index contributed by atoms with van der Waals surface area (Å²) in [6, 6.07) is 8.26. The number of fused-ring (bicyclic) bond motifs is 1. The standard InChI is InChI=1S/C27H30F3N7O4/c1-33-26(32)37(15-31)13-17-9-20(22-14-35(2)34-24(22)27(28,29)30)23-21(10-17)25(38)36(5-6-41-23)12-16-7-18(39-3)11-19(8-16)40-4/h7-11,14-15,31H,5-6,12-13H2,1-4H3,(H2,32,33). The van der Waals surface area contributed by atoms with E-state index < -0.39 is 17.8 Å². The first-order valence-electron chi connectivity index (χ1n) is 12.4. The van der Waals surface area contributed by atoms with Gasteiger partial charge >= 0.3 is 6.18 Å². The zero-order valence-electron chi connectivity index (χ0n) is 23.0. The van der Waals surface area contributed by atoms with Crippen molar-refractivity contribution in [3.63, 3.8) is 0 Å². The summed E-state index contributed by atoms with van der Waals surface area (Å²) in [5.74, 6) is 0.673. The number of methoxy groups -OCH3 is 2. The van der Waals surface area contributed by atoms with E-state index in [0.717, 1.165) is 16.6 Å². The molecule has 1 amide bonds. The van der Waals surface area contributed by atoms with Gasteiger partial charge in [-0.3, -0.25) is 24.8 Å². The van der Waals surface area contributed by atoms with Gasteiger partial charge in [0, 0.05) is 44.0 Å². The van der Waals surface area contributed by atoms with Crippen LogP contribution in [0.5, 0.6) is 17.2 Å². The fraction of sp³-hybridized carbons (Fsp3) is 0.333. The highest BCUT2D eigenvalue weighted by Gasteiger charge is 2.39. The van der Waals surface area contributed by atoms with Crippen molar-refractivity contribution < 1.29 is 32.2 Å². The number of nitrogens with zero attached hydrogens (tertiary/aromatic N) is 5. The van der Waals surface area contributed by atoms with E-state index in [2.05, 4.69) is 10.1 Å². The van der Waals surface area contributed by atoms with Crippen LogP contribution in [0.4, 0.5) is 13.2 Å². The Morgan fingerprint density at radius 2 is 1.80 bits per heavy atom. The molecule has 41 heavy (non-hydrogen) atoms. The summed E-state index contributed by atoms with van der Waals surface area (Å²) in [4.78, 5) is 20.7. The first-order valence-corrected chi connectivity index (χ1v) is 12.4. The quantitative estimate of drug-likeness (QED) is 0.312. The number of carbonyl (C=O) groups is 1. The lowest BCUT2D eigenvalue weighted by Crippen LogP contribution is -2.35. The molecule has 218 valence electrons. The number of carbonyl (C=O) groups excluding carboxylic acids is 1. The summed E-state index contributed by atoms with van der Waals surface area (Å²) in [6.45, 7) is 0.339. The smallest absolute Gasteiger partial charge is 0.435 e. The van der Waals surface area contributed by atoms with Crippen LogP contribution in [0, 0.1) is 5.41 Å². The number of nitrogens with two attached hydrogens (primary N) is 1. The van der Waals surface area contributed by atoms with Crippen molar-refractivity contribution in [2.24, 2.45) is 17.8 Å². The fourth-order valence-corrected chi connectivity index (χ4v) is 4.57. The molecule has 1 aromatic heterocycles. The Morgan fingerprint density at radius 3 is 2.39 bits per heavy atom. The van der Waals surface area contributed by atoms with Crippen molar-refractivity contribution in [1.29, 1.82) is 5.41 Å². The molecule has 0 atom stereocenters. The molecule has 0 saturated carbocycles. The van der Waals surface area contributed by atoms with Crippen molar-refractivity contribution in [2.45, 2.75) is 19.3 Å². The Balaban J connectivity index is 1.85. The number of amides is 1. The zero-order valence-corrected chi connectivity index (χ0v) is 23.0. The van der Waals surface area contributed by atoms with Crippen molar-refractivity contribution in [3.05, 3.63) is 58.9 Å². The Labute approximate surface area is 234 Å². The molecular weight excluding hydrogens is 543 g/mol. The highest BCUT2D eigenvalue weighted by atomic mass is 19.4. The summed E-state index contributed by atoms with van der Waals surface area (Å²) in [7, 11) is 5.86. The molecule has 11 nitrogen and oxygen atoms in total. The van der Waals surface area contributed by atoms with E-state index in [1.807, 2.05) is 0 Å². The molecule has 0 aliphatic carbocycles. The number of guanidine groups is 1. The number of rotatable bonds is 8. The van der Waals surface area contributed by atoms with Crippen LogP contribution in [0.3, 0.4) is 0 Å². The van der Waals surface area contributed by atoms with Gasteiger partial charge in [-0.15, -0.1) is 0 Å². The summed E-state index contributed by atoms with van der Waals surface area (Å²) >= 11 is 0. The number of ether oxygens (including phenoxy) is 3. The average molecular weight is 574 g/mol. The Hall–Kier alpha value is -4.75.